The molecule has 0 radical (unpaired) electrons. The van der Waals surface area contributed by atoms with E-state index in [1.807, 2.05) is 6.92 Å². The van der Waals surface area contributed by atoms with Crippen molar-refractivity contribution in [3.8, 4) is 0 Å². The molecule has 0 bridgehead atoms. The predicted octanol–water partition coefficient (Wildman–Crippen LogP) is 5.82. The number of carboxylic acids is 1. The molecule has 4 fully saturated rings. The third-order valence-electron chi connectivity index (χ3n) is 12.9. The third kappa shape index (κ3) is 6.92. The predicted molar refractivity (Wildman–Crippen MR) is 164 cm³/mol. The van der Waals surface area contributed by atoms with E-state index < -0.39 is 5.97 Å². The highest BCUT2D eigenvalue weighted by Crippen LogP contribution is 2.68. The normalized spacial score (nSPS) is 40.6. The van der Waals surface area contributed by atoms with E-state index in [9.17, 15) is 15.0 Å². The van der Waals surface area contributed by atoms with E-state index in [0.717, 1.165) is 58.3 Å². The quantitative estimate of drug-likeness (QED) is 0.161. The van der Waals surface area contributed by atoms with Gasteiger partial charge in [0.25, 0.3) is 0 Å². The average molecular weight is 562 g/mol. The van der Waals surface area contributed by atoms with Gasteiger partial charge in [-0.15, -0.1) is 0 Å². The number of nitrogens with two attached hydrogens (primary N) is 1. The second-order valence-electron chi connectivity index (χ2n) is 15.2. The van der Waals surface area contributed by atoms with Crippen LogP contribution in [0.5, 0.6) is 0 Å². The molecule has 11 atom stereocenters. The minimum atomic E-state index is -0.663. The van der Waals surface area contributed by atoms with E-state index in [1.54, 1.807) is 0 Å². The summed E-state index contributed by atoms with van der Waals surface area (Å²) in [6.07, 6.45) is 16.2. The molecular formula is C34H63N3O3. The van der Waals surface area contributed by atoms with Crippen molar-refractivity contribution in [3.05, 3.63) is 0 Å². The lowest BCUT2D eigenvalue weighted by atomic mass is 9.43. The van der Waals surface area contributed by atoms with Gasteiger partial charge in [-0.05, 0) is 150 Å². The van der Waals surface area contributed by atoms with Gasteiger partial charge < -0.3 is 26.6 Å². The number of aliphatic hydroxyl groups excluding tert-OH is 1. The van der Waals surface area contributed by atoms with Gasteiger partial charge >= 0.3 is 5.97 Å². The highest BCUT2D eigenvalue weighted by molar-refractivity contribution is 5.69. The molecule has 6 heteroatoms. The zero-order chi connectivity index (χ0) is 28.9. The maximum Gasteiger partial charge on any atom is 0.306 e. The Balaban J connectivity index is 1.29. The van der Waals surface area contributed by atoms with Crippen LogP contribution in [0.25, 0.3) is 0 Å². The zero-order valence-electron chi connectivity index (χ0n) is 26.3. The number of aliphatic carboxylic acids is 1. The van der Waals surface area contributed by atoms with Crippen molar-refractivity contribution in [1.82, 2.24) is 10.6 Å². The highest BCUT2D eigenvalue weighted by Gasteiger charge is 2.62. The topological polar surface area (TPSA) is 108 Å². The van der Waals surface area contributed by atoms with Crippen LogP contribution < -0.4 is 16.4 Å². The number of nitrogens with one attached hydrogen (secondary N) is 2. The summed E-state index contributed by atoms with van der Waals surface area (Å²) in [5.74, 6) is 2.88. The lowest BCUT2D eigenvalue weighted by molar-refractivity contribution is -0.167. The number of hydrogen-bond acceptors (Lipinski definition) is 5. The summed E-state index contributed by atoms with van der Waals surface area (Å²) < 4.78 is 0. The number of aliphatic hydroxyl groups is 1. The standard InChI is InChI=1S/C34H63N3O3/c1-23(9-7-10-24(2)32(39)40)27-11-12-28-31-29(14-16-34(27,28)4)33(3)15-13-26(21-25(33)22-30(31)38)37-20-8-19-36-18-6-5-17-35/h23-31,36-38H,5-22,35H2,1-4H3,(H,39,40)/t23-,24?,25-,26?,27?,28?,29?,30-,31?,33?,34?/m1/s1. The number of rotatable bonds is 15. The minimum absolute atomic E-state index is 0.144. The van der Waals surface area contributed by atoms with Crippen LogP contribution >= 0.6 is 0 Å². The largest absolute Gasteiger partial charge is 0.481 e. The number of unbranched alkanes of at least 4 members (excludes halogenated alkanes) is 1. The average Bonchev–Trinajstić information content (AvgIpc) is 3.27. The van der Waals surface area contributed by atoms with Crippen molar-refractivity contribution in [2.75, 3.05) is 26.2 Å². The molecular weight excluding hydrogens is 498 g/mol. The molecule has 0 aromatic rings. The second kappa shape index (κ2) is 14.2. The summed E-state index contributed by atoms with van der Waals surface area (Å²) in [4.78, 5) is 11.3. The maximum absolute atomic E-state index is 11.7. The van der Waals surface area contributed by atoms with E-state index in [0.29, 0.717) is 52.4 Å². The molecule has 6 N–H and O–H groups in total. The summed E-state index contributed by atoms with van der Waals surface area (Å²) in [7, 11) is 0. The third-order valence-corrected chi connectivity index (χ3v) is 12.9. The first-order valence-corrected chi connectivity index (χ1v) is 17.2. The van der Waals surface area contributed by atoms with Gasteiger partial charge in [0, 0.05) is 6.04 Å². The lowest BCUT2D eigenvalue weighted by Gasteiger charge is -2.62. The van der Waals surface area contributed by atoms with E-state index in [2.05, 4.69) is 31.4 Å². The van der Waals surface area contributed by atoms with E-state index >= 15 is 0 Å². The molecule has 6 nitrogen and oxygen atoms in total. The summed E-state index contributed by atoms with van der Waals surface area (Å²) in [6, 6.07) is 0.605. The van der Waals surface area contributed by atoms with Crippen molar-refractivity contribution >= 4 is 5.97 Å². The Hall–Kier alpha value is -0.690. The zero-order valence-corrected chi connectivity index (χ0v) is 26.3. The Morgan fingerprint density at radius 2 is 1.62 bits per heavy atom. The van der Waals surface area contributed by atoms with Crippen molar-refractivity contribution < 1.29 is 15.0 Å². The molecule has 4 aliphatic rings. The van der Waals surface area contributed by atoms with Gasteiger partial charge in [0.15, 0.2) is 0 Å². The number of carbonyl (C=O) groups is 1. The fraction of sp³-hybridized carbons (Fsp3) is 0.971. The highest BCUT2D eigenvalue weighted by atomic mass is 16.4. The van der Waals surface area contributed by atoms with Crippen molar-refractivity contribution in [2.45, 2.75) is 130 Å². The molecule has 0 saturated heterocycles. The molecule has 4 saturated carbocycles. The maximum atomic E-state index is 11.7. The second-order valence-corrected chi connectivity index (χ2v) is 15.2. The Labute approximate surface area is 245 Å². The number of carboxylic acid groups (broad SMARTS) is 1. The molecule has 40 heavy (non-hydrogen) atoms. The van der Waals surface area contributed by atoms with Gasteiger partial charge in [0.05, 0.1) is 12.0 Å². The molecule has 232 valence electrons. The van der Waals surface area contributed by atoms with Crippen LogP contribution in [0.4, 0.5) is 0 Å². The Bertz CT molecular complexity index is 809. The molecule has 0 aliphatic heterocycles. The fourth-order valence-electron chi connectivity index (χ4n) is 10.5. The van der Waals surface area contributed by atoms with Crippen LogP contribution in [0.3, 0.4) is 0 Å². The van der Waals surface area contributed by atoms with Gasteiger partial charge in [0.2, 0.25) is 0 Å². The Morgan fingerprint density at radius 1 is 0.900 bits per heavy atom. The van der Waals surface area contributed by atoms with E-state index in [-0.39, 0.29) is 12.0 Å². The van der Waals surface area contributed by atoms with E-state index in [4.69, 9.17) is 5.73 Å². The first kappa shape index (κ1) is 32.2. The molecule has 0 aromatic heterocycles. The summed E-state index contributed by atoms with van der Waals surface area (Å²) >= 11 is 0. The lowest BCUT2D eigenvalue weighted by Crippen LogP contribution is -2.59. The van der Waals surface area contributed by atoms with Crippen LogP contribution in [-0.4, -0.2) is 54.5 Å². The van der Waals surface area contributed by atoms with Gasteiger partial charge in [-0.3, -0.25) is 4.79 Å². The summed E-state index contributed by atoms with van der Waals surface area (Å²) in [5.41, 5.74) is 6.29. The van der Waals surface area contributed by atoms with Crippen LogP contribution in [0, 0.1) is 52.3 Å². The van der Waals surface area contributed by atoms with Gasteiger partial charge in [-0.2, -0.15) is 0 Å². The SMILES string of the molecule is CC(CCC[C@@H](C)C1CCC2C3C(CCC21C)C1(C)CCC(NCCCNCCCCN)C[C@@H]1C[C@H]3O)C(=O)O. The van der Waals surface area contributed by atoms with Crippen LogP contribution in [0.1, 0.15) is 118 Å². The van der Waals surface area contributed by atoms with E-state index in [1.165, 1.54) is 57.8 Å². The Morgan fingerprint density at radius 3 is 2.38 bits per heavy atom. The molecule has 4 aliphatic carbocycles. The summed E-state index contributed by atoms with van der Waals surface area (Å²) in [6.45, 7) is 13.5. The molecule has 0 heterocycles. The van der Waals surface area contributed by atoms with Gasteiger partial charge in [0.1, 0.15) is 0 Å². The van der Waals surface area contributed by atoms with Crippen molar-refractivity contribution in [2.24, 2.45) is 58.0 Å². The first-order chi connectivity index (χ1) is 19.1. The van der Waals surface area contributed by atoms with Crippen LogP contribution in [0.2, 0.25) is 0 Å². The molecule has 8 unspecified atom stereocenters. The molecule has 0 spiro atoms. The van der Waals surface area contributed by atoms with Crippen molar-refractivity contribution in [3.63, 3.8) is 0 Å². The molecule has 4 rings (SSSR count). The van der Waals surface area contributed by atoms with Gasteiger partial charge in [-0.1, -0.05) is 40.5 Å². The molecule has 0 aromatic carbocycles. The monoisotopic (exact) mass is 561 g/mol. The van der Waals surface area contributed by atoms with Crippen LogP contribution in [0.15, 0.2) is 0 Å². The Kier molecular flexibility index (Phi) is 11.4. The van der Waals surface area contributed by atoms with Crippen molar-refractivity contribution in [1.29, 1.82) is 0 Å². The molecule has 0 amide bonds. The van der Waals surface area contributed by atoms with Gasteiger partial charge in [-0.25, -0.2) is 0 Å². The first-order valence-electron chi connectivity index (χ1n) is 17.2. The van der Waals surface area contributed by atoms with Crippen LogP contribution in [-0.2, 0) is 4.79 Å². The number of fused-ring (bicyclic) bond motifs is 5. The number of hydrogen-bond donors (Lipinski definition) is 5. The minimum Gasteiger partial charge on any atom is -0.481 e. The smallest absolute Gasteiger partial charge is 0.306 e. The summed E-state index contributed by atoms with van der Waals surface area (Å²) in [5, 5.41) is 28.4. The fourth-order valence-corrected chi connectivity index (χ4v) is 10.5.